The van der Waals surface area contributed by atoms with E-state index in [2.05, 4.69) is 18.2 Å². The first-order chi connectivity index (χ1) is 8.52. The van der Waals surface area contributed by atoms with E-state index in [1.54, 1.807) is 0 Å². The molecule has 0 atom stereocenters. The second-order valence-electron chi connectivity index (χ2n) is 4.72. The van der Waals surface area contributed by atoms with Gasteiger partial charge in [-0.3, -0.25) is 0 Å². The maximum Gasteiger partial charge on any atom is 0.152 e. The minimum atomic E-state index is -2.91. The van der Waals surface area contributed by atoms with Crippen LogP contribution in [0.25, 0.3) is 10.9 Å². The first-order valence-corrected chi connectivity index (χ1v) is 8.10. The SMILES string of the molecule is CCCS(=O)(=O)CCn1ccc2ccc(C)cc21. The lowest BCUT2D eigenvalue weighted by Gasteiger charge is -2.06. The van der Waals surface area contributed by atoms with E-state index in [9.17, 15) is 8.42 Å². The van der Waals surface area contributed by atoms with Crippen molar-refractivity contribution >= 4 is 20.7 Å². The zero-order chi connectivity index (χ0) is 13.2. The second kappa shape index (κ2) is 5.14. The standard InChI is InChI=1S/C14H19NO2S/c1-3-9-18(16,17)10-8-15-7-6-13-5-4-12(2)11-14(13)15/h4-7,11H,3,8-10H2,1-2H3. The Morgan fingerprint density at radius 3 is 2.67 bits per heavy atom. The van der Waals surface area contributed by atoms with Crippen LogP contribution in [0.5, 0.6) is 0 Å². The monoisotopic (exact) mass is 265 g/mol. The van der Waals surface area contributed by atoms with Crippen LogP contribution in [0, 0.1) is 6.92 Å². The number of hydrogen-bond acceptors (Lipinski definition) is 2. The molecule has 0 amide bonds. The minimum absolute atomic E-state index is 0.221. The number of fused-ring (bicyclic) bond motifs is 1. The Labute approximate surface area is 108 Å². The third kappa shape index (κ3) is 2.93. The highest BCUT2D eigenvalue weighted by atomic mass is 32.2. The molecule has 4 heteroatoms. The summed E-state index contributed by atoms with van der Waals surface area (Å²) in [6.45, 7) is 4.48. The van der Waals surface area contributed by atoms with Crippen molar-refractivity contribution in [1.29, 1.82) is 0 Å². The zero-order valence-electron chi connectivity index (χ0n) is 10.9. The van der Waals surface area contributed by atoms with Crippen molar-refractivity contribution < 1.29 is 8.42 Å². The number of sulfone groups is 1. The number of nitrogens with zero attached hydrogens (tertiary/aromatic N) is 1. The molecule has 2 aromatic rings. The molecule has 98 valence electrons. The fraction of sp³-hybridized carbons (Fsp3) is 0.429. The highest BCUT2D eigenvalue weighted by molar-refractivity contribution is 7.91. The Hall–Kier alpha value is -1.29. The van der Waals surface area contributed by atoms with E-state index < -0.39 is 9.84 Å². The summed E-state index contributed by atoms with van der Waals surface area (Å²) in [7, 11) is -2.91. The third-order valence-corrected chi connectivity index (χ3v) is 4.92. The van der Waals surface area contributed by atoms with Crippen LogP contribution < -0.4 is 0 Å². The van der Waals surface area contributed by atoms with Crippen molar-refractivity contribution in [1.82, 2.24) is 4.57 Å². The molecule has 0 spiro atoms. The van der Waals surface area contributed by atoms with Gasteiger partial charge in [-0.15, -0.1) is 0 Å². The summed E-state index contributed by atoms with van der Waals surface area (Å²) in [4.78, 5) is 0. The molecule has 0 fully saturated rings. The molecule has 0 saturated heterocycles. The molecule has 2 rings (SSSR count). The first-order valence-electron chi connectivity index (χ1n) is 6.28. The summed E-state index contributed by atoms with van der Waals surface area (Å²) >= 11 is 0. The number of rotatable bonds is 5. The molecule has 3 nitrogen and oxygen atoms in total. The fourth-order valence-electron chi connectivity index (χ4n) is 2.14. The van der Waals surface area contributed by atoms with Crippen LogP contribution in [-0.4, -0.2) is 24.5 Å². The smallest absolute Gasteiger partial charge is 0.152 e. The van der Waals surface area contributed by atoms with Crippen molar-refractivity contribution in [3.8, 4) is 0 Å². The Balaban J connectivity index is 2.20. The predicted octanol–water partition coefficient (Wildman–Crippen LogP) is 2.77. The fourth-order valence-corrected chi connectivity index (χ4v) is 3.44. The van der Waals surface area contributed by atoms with Crippen LogP contribution in [0.2, 0.25) is 0 Å². The molecule has 1 aromatic carbocycles. The average Bonchev–Trinajstić information content (AvgIpc) is 2.69. The average molecular weight is 265 g/mol. The minimum Gasteiger partial charge on any atom is -0.346 e. The number of aryl methyl sites for hydroxylation is 2. The van der Waals surface area contributed by atoms with E-state index in [0.29, 0.717) is 13.0 Å². The quantitative estimate of drug-likeness (QED) is 0.834. The van der Waals surface area contributed by atoms with E-state index >= 15 is 0 Å². The third-order valence-electron chi connectivity index (χ3n) is 3.09. The molecule has 0 N–H and O–H groups in total. The molecular weight excluding hydrogens is 246 g/mol. The molecule has 0 saturated carbocycles. The molecule has 0 radical (unpaired) electrons. The van der Waals surface area contributed by atoms with Gasteiger partial charge in [0, 0.05) is 24.0 Å². The Kier molecular flexibility index (Phi) is 3.76. The largest absolute Gasteiger partial charge is 0.346 e. The number of aromatic nitrogens is 1. The van der Waals surface area contributed by atoms with Crippen molar-refractivity contribution in [3.05, 3.63) is 36.0 Å². The summed E-state index contributed by atoms with van der Waals surface area (Å²) < 4.78 is 25.5. The topological polar surface area (TPSA) is 39.1 Å². The van der Waals surface area contributed by atoms with E-state index in [4.69, 9.17) is 0 Å². The first kappa shape index (κ1) is 13.1. The summed E-state index contributed by atoms with van der Waals surface area (Å²) in [5.74, 6) is 0.504. The van der Waals surface area contributed by atoms with Gasteiger partial charge in [0.05, 0.1) is 5.75 Å². The van der Waals surface area contributed by atoms with Crippen LogP contribution in [0.1, 0.15) is 18.9 Å². The number of benzene rings is 1. The summed E-state index contributed by atoms with van der Waals surface area (Å²) in [6.07, 6.45) is 2.65. The molecule has 18 heavy (non-hydrogen) atoms. The highest BCUT2D eigenvalue weighted by Gasteiger charge is 2.10. The summed E-state index contributed by atoms with van der Waals surface area (Å²) in [5.41, 5.74) is 2.31. The van der Waals surface area contributed by atoms with E-state index in [1.807, 2.05) is 30.7 Å². The van der Waals surface area contributed by atoms with Gasteiger partial charge < -0.3 is 4.57 Å². The van der Waals surface area contributed by atoms with Gasteiger partial charge in [-0.1, -0.05) is 19.1 Å². The Bertz CT molecular complexity index is 641. The second-order valence-corrected chi connectivity index (χ2v) is 7.03. The maximum absolute atomic E-state index is 11.7. The molecule has 0 bridgehead atoms. The molecule has 1 aromatic heterocycles. The zero-order valence-corrected chi connectivity index (χ0v) is 11.7. The van der Waals surface area contributed by atoms with Crippen LogP contribution in [0.4, 0.5) is 0 Å². The van der Waals surface area contributed by atoms with E-state index in [0.717, 1.165) is 10.9 Å². The summed E-state index contributed by atoms with van der Waals surface area (Å²) in [6, 6.07) is 8.27. The van der Waals surface area contributed by atoms with Crippen LogP contribution in [-0.2, 0) is 16.4 Å². The van der Waals surface area contributed by atoms with Crippen LogP contribution in [0.15, 0.2) is 30.5 Å². The molecular formula is C14H19NO2S. The lowest BCUT2D eigenvalue weighted by atomic mass is 10.2. The molecule has 0 aliphatic heterocycles. The van der Waals surface area contributed by atoms with Crippen molar-refractivity contribution in [2.75, 3.05) is 11.5 Å². The van der Waals surface area contributed by atoms with Crippen LogP contribution in [0.3, 0.4) is 0 Å². The Morgan fingerprint density at radius 2 is 1.94 bits per heavy atom. The molecule has 1 heterocycles. The van der Waals surface area contributed by atoms with Gasteiger partial charge in [0.15, 0.2) is 9.84 Å². The van der Waals surface area contributed by atoms with E-state index in [-0.39, 0.29) is 11.5 Å². The molecule has 0 unspecified atom stereocenters. The van der Waals surface area contributed by atoms with Gasteiger partial charge in [0.1, 0.15) is 0 Å². The lowest BCUT2D eigenvalue weighted by Crippen LogP contribution is -2.15. The highest BCUT2D eigenvalue weighted by Crippen LogP contribution is 2.17. The van der Waals surface area contributed by atoms with Gasteiger partial charge in [-0.2, -0.15) is 0 Å². The predicted molar refractivity (Wildman–Crippen MR) is 75.6 cm³/mol. The van der Waals surface area contributed by atoms with Gasteiger partial charge in [-0.25, -0.2) is 8.42 Å². The van der Waals surface area contributed by atoms with Gasteiger partial charge >= 0.3 is 0 Å². The van der Waals surface area contributed by atoms with Gasteiger partial charge in [0.25, 0.3) is 0 Å². The normalized spacial score (nSPS) is 12.1. The van der Waals surface area contributed by atoms with Gasteiger partial charge in [-0.05, 0) is 36.4 Å². The molecule has 0 aliphatic carbocycles. The Morgan fingerprint density at radius 1 is 1.17 bits per heavy atom. The maximum atomic E-state index is 11.7. The van der Waals surface area contributed by atoms with Crippen molar-refractivity contribution in [3.63, 3.8) is 0 Å². The number of hydrogen-bond donors (Lipinski definition) is 0. The van der Waals surface area contributed by atoms with Crippen LogP contribution >= 0.6 is 0 Å². The molecule has 0 aliphatic rings. The lowest BCUT2D eigenvalue weighted by molar-refractivity contribution is 0.588. The van der Waals surface area contributed by atoms with Crippen molar-refractivity contribution in [2.24, 2.45) is 0 Å². The van der Waals surface area contributed by atoms with E-state index in [1.165, 1.54) is 5.56 Å². The van der Waals surface area contributed by atoms with Gasteiger partial charge in [0.2, 0.25) is 0 Å². The summed E-state index contributed by atoms with van der Waals surface area (Å²) in [5, 5.41) is 1.16. The van der Waals surface area contributed by atoms with Crippen molar-refractivity contribution in [2.45, 2.75) is 26.8 Å².